The lowest BCUT2D eigenvalue weighted by Crippen LogP contribution is -2.24. The number of hydrogen-bond donors (Lipinski definition) is 0. The van der Waals surface area contributed by atoms with E-state index < -0.39 is 23.5 Å². The molecule has 0 aliphatic heterocycles. The molecule has 46 heavy (non-hydrogen) atoms. The third-order valence-corrected chi connectivity index (χ3v) is 7.48. The summed E-state index contributed by atoms with van der Waals surface area (Å²) in [6.07, 6.45) is 2.47. The molecule has 0 N–H and O–H groups in total. The Balaban J connectivity index is 0.000000243. The average Bonchev–Trinajstić information content (AvgIpc) is 2.99. The first kappa shape index (κ1) is 38.6. The monoisotopic (exact) mass is 649 g/mol. The number of pyridine rings is 1. The maximum atomic E-state index is 12.4. The first-order valence-corrected chi connectivity index (χ1v) is 15.7. The summed E-state index contributed by atoms with van der Waals surface area (Å²) in [7, 11) is 0. The van der Waals surface area contributed by atoms with E-state index in [9.17, 15) is 26.3 Å². The van der Waals surface area contributed by atoms with Crippen molar-refractivity contribution >= 4 is 0 Å². The Hall–Kier alpha value is -3.58. The van der Waals surface area contributed by atoms with Crippen molar-refractivity contribution in [2.75, 3.05) is 13.1 Å². The van der Waals surface area contributed by atoms with Crippen LogP contribution in [-0.4, -0.2) is 29.1 Å². The van der Waals surface area contributed by atoms with Crippen LogP contribution >= 0.6 is 0 Å². The summed E-state index contributed by atoms with van der Waals surface area (Å²) in [5.41, 5.74) is 0.810. The van der Waals surface area contributed by atoms with Crippen LogP contribution in [0.2, 0.25) is 0 Å². The summed E-state index contributed by atoms with van der Waals surface area (Å²) >= 11 is 0. The van der Waals surface area contributed by atoms with Crippen molar-refractivity contribution in [2.45, 2.75) is 98.1 Å². The molecule has 4 rings (SSSR count). The molecule has 1 fully saturated rings. The molecular formula is C36H45F6N3O. The molecule has 0 atom stereocenters. The molecule has 0 radical (unpaired) electrons. The van der Waals surface area contributed by atoms with Crippen LogP contribution in [0.25, 0.3) is 0 Å². The minimum absolute atomic E-state index is 0.335. The van der Waals surface area contributed by atoms with Gasteiger partial charge in [0.2, 0.25) is 0 Å². The van der Waals surface area contributed by atoms with E-state index in [1.165, 1.54) is 43.9 Å². The van der Waals surface area contributed by atoms with Gasteiger partial charge in [-0.15, -0.1) is 0 Å². The highest BCUT2D eigenvalue weighted by atomic mass is 19.4. The Morgan fingerprint density at radius 3 is 1.93 bits per heavy atom. The lowest BCUT2D eigenvalue weighted by Gasteiger charge is -2.26. The molecule has 1 aromatic heterocycles. The van der Waals surface area contributed by atoms with Gasteiger partial charge in [0, 0.05) is 12.7 Å². The molecule has 0 amide bonds. The van der Waals surface area contributed by atoms with E-state index in [4.69, 9.17) is 10.00 Å². The highest BCUT2D eigenvalue weighted by Crippen LogP contribution is 2.32. The quantitative estimate of drug-likeness (QED) is 0.228. The molecule has 1 aliphatic rings. The largest absolute Gasteiger partial charge is 0.489 e. The fraction of sp³-hybridized carbons (Fsp3) is 0.500. The Morgan fingerprint density at radius 1 is 0.826 bits per heavy atom. The Labute approximate surface area is 269 Å². The molecule has 0 unspecified atom stereocenters. The second-order valence-corrected chi connectivity index (χ2v) is 11.8. The van der Waals surface area contributed by atoms with Crippen molar-refractivity contribution < 1.29 is 31.1 Å². The number of rotatable bonds is 8. The zero-order chi connectivity index (χ0) is 34.3. The first-order chi connectivity index (χ1) is 21.7. The van der Waals surface area contributed by atoms with Gasteiger partial charge in [-0.25, -0.2) is 0 Å². The number of alkyl halides is 6. The fourth-order valence-corrected chi connectivity index (χ4v) is 5.08. The number of ether oxygens (including phenoxy) is 1. The predicted molar refractivity (Wildman–Crippen MR) is 169 cm³/mol. The number of benzene rings is 2. The molecule has 3 aromatic rings. The lowest BCUT2D eigenvalue weighted by atomic mass is 9.89. The van der Waals surface area contributed by atoms with E-state index >= 15 is 0 Å². The lowest BCUT2D eigenvalue weighted by molar-refractivity contribution is -0.138. The topological polar surface area (TPSA) is 49.2 Å². The van der Waals surface area contributed by atoms with Gasteiger partial charge >= 0.3 is 12.4 Å². The van der Waals surface area contributed by atoms with Crippen molar-refractivity contribution in [2.24, 2.45) is 5.92 Å². The van der Waals surface area contributed by atoms with E-state index in [-0.39, 0.29) is 5.56 Å². The van der Waals surface area contributed by atoms with Crippen LogP contribution in [0.1, 0.15) is 92.7 Å². The summed E-state index contributed by atoms with van der Waals surface area (Å²) < 4.78 is 80.0. The molecule has 0 saturated heterocycles. The summed E-state index contributed by atoms with van der Waals surface area (Å²) in [5, 5.41) is 8.42. The number of halogens is 6. The van der Waals surface area contributed by atoms with Gasteiger partial charge in [-0.05, 0) is 113 Å². The zero-order valence-electron chi connectivity index (χ0n) is 27.3. The highest BCUT2D eigenvalue weighted by molar-refractivity contribution is 5.41. The number of hydrogen-bond acceptors (Lipinski definition) is 4. The van der Waals surface area contributed by atoms with Gasteiger partial charge in [-0.3, -0.25) is 9.88 Å². The normalized spacial score (nSPS) is 16.4. The number of aryl methyl sites for hydroxylation is 2. The van der Waals surface area contributed by atoms with Gasteiger partial charge in [-0.2, -0.15) is 31.6 Å². The van der Waals surface area contributed by atoms with Crippen LogP contribution in [-0.2, 0) is 18.9 Å². The molecular weight excluding hydrogens is 604 g/mol. The van der Waals surface area contributed by atoms with Crippen LogP contribution in [0, 0.1) is 31.1 Å². The maximum absolute atomic E-state index is 12.4. The van der Waals surface area contributed by atoms with Crippen molar-refractivity contribution in [1.29, 1.82) is 5.26 Å². The second-order valence-electron chi connectivity index (χ2n) is 11.8. The van der Waals surface area contributed by atoms with Crippen LogP contribution in [0.3, 0.4) is 0 Å². The molecule has 1 saturated carbocycles. The van der Waals surface area contributed by atoms with Crippen LogP contribution < -0.4 is 4.74 Å². The Morgan fingerprint density at radius 2 is 1.43 bits per heavy atom. The van der Waals surface area contributed by atoms with Crippen molar-refractivity contribution in [1.82, 2.24) is 9.88 Å². The number of aromatic nitrogens is 1. The van der Waals surface area contributed by atoms with E-state index in [0.717, 1.165) is 73.5 Å². The molecule has 10 heteroatoms. The van der Waals surface area contributed by atoms with Crippen molar-refractivity contribution in [3.63, 3.8) is 0 Å². The van der Waals surface area contributed by atoms with Crippen LogP contribution in [0.15, 0.2) is 60.9 Å². The maximum Gasteiger partial charge on any atom is 0.417 e. The summed E-state index contributed by atoms with van der Waals surface area (Å²) in [5.74, 6) is 1.80. The van der Waals surface area contributed by atoms with Crippen LogP contribution in [0.5, 0.6) is 5.75 Å². The van der Waals surface area contributed by atoms with E-state index in [2.05, 4.69) is 36.7 Å². The number of nitriles is 1. The van der Waals surface area contributed by atoms with Crippen molar-refractivity contribution in [3.8, 4) is 11.8 Å². The number of nitrogens with zero attached hydrogens (tertiary/aromatic N) is 3. The smallest absolute Gasteiger partial charge is 0.417 e. The zero-order valence-corrected chi connectivity index (χ0v) is 27.3. The Bertz CT molecular complexity index is 1350. The van der Waals surface area contributed by atoms with Gasteiger partial charge < -0.3 is 4.74 Å². The third-order valence-electron chi connectivity index (χ3n) is 7.48. The molecule has 1 heterocycles. The molecule has 0 spiro atoms. The summed E-state index contributed by atoms with van der Waals surface area (Å²) in [6, 6.07) is 12.7. The van der Waals surface area contributed by atoms with Crippen LogP contribution in [0.4, 0.5) is 26.3 Å². The predicted octanol–water partition coefficient (Wildman–Crippen LogP) is 10.6. The minimum atomic E-state index is -4.45. The fourth-order valence-electron chi connectivity index (χ4n) is 5.08. The standard InChI is InChI=1S/C14H20F3N.C13H19NO.C9H6F3N/c1-3-9-18(10-4-2)11-12-5-7-13(8-6-12)14(15,16)17;1-10-3-5-12(6-4-10)15-13-7-11(2)8-14-9-13;1-6-2-3-7(5-13)8(4-6)9(10,11)12/h5-8H,3-4,9-11H2,1-2H3;7-10,12H,3-6H2,1-2H3;2-4H,1H3. The Kier molecular flexibility index (Phi) is 15.6. The van der Waals surface area contributed by atoms with Gasteiger partial charge in [-0.1, -0.05) is 44.5 Å². The van der Waals surface area contributed by atoms with E-state index in [1.54, 1.807) is 19.1 Å². The molecule has 0 bridgehead atoms. The van der Waals surface area contributed by atoms with E-state index in [1.807, 2.05) is 19.3 Å². The van der Waals surface area contributed by atoms with E-state index in [0.29, 0.717) is 11.7 Å². The average molecular weight is 650 g/mol. The highest BCUT2D eigenvalue weighted by Gasteiger charge is 2.33. The molecule has 1 aliphatic carbocycles. The summed E-state index contributed by atoms with van der Waals surface area (Å²) in [6.45, 7) is 12.8. The molecule has 2 aromatic carbocycles. The van der Waals surface area contributed by atoms with Crippen molar-refractivity contribution in [3.05, 3.63) is 94.3 Å². The van der Waals surface area contributed by atoms with Gasteiger partial charge in [0.1, 0.15) is 5.75 Å². The minimum Gasteiger partial charge on any atom is -0.489 e. The van der Waals surface area contributed by atoms with Gasteiger partial charge in [0.05, 0.1) is 35.1 Å². The van der Waals surface area contributed by atoms with Gasteiger partial charge in [0.15, 0.2) is 0 Å². The SMILES string of the molecule is CCCN(CCC)Cc1ccc(C(F)(F)F)cc1.Cc1ccc(C#N)c(C(F)(F)F)c1.Cc1cncc(OC2CCC(C)CC2)c1. The van der Waals surface area contributed by atoms with Gasteiger partial charge in [0.25, 0.3) is 0 Å². The first-order valence-electron chi connectivity index (χ1n) is 15.7. The molecule has 252 valence electrons. The third kappa shape index (κ3) is 13.8. The molecule has 4 nitrogen and oxygen atoms in total. The second kappa shape index (κ2) is 18.5. The summed E-state index contributed by atoms with van der Waals surface area (Å²) in [4.78, 5) is 6.41.